The van der Waals surface area contributed by atoms with E-state index in [4.69, 9.17) is 9.47 Å². The molecule has 3 heterocycles. The minimum Gasteiger partial charge on any atom is -0.454 e. The van der Waals surface area contributed by atoms with Gasteiger partial charge >= 0.3 is 0 Å². The number of benzene rings is 1. The molecule has 0 radical (unpaired) electrons. The van der Waals surface area contributed by atoms with E-state index < -0.39 is 0 Å². The third-order valence-corrected chi connectivity index (χ3v) is 4.48. The quantitative estimate of drug-likeness (QED) is 0.868. The van der Waals surface area contributed by atoms with Crippen LogP contribution in [0.4, 0.5) is 0 Å². The molecule has 6 heteroatoms. The minimum absolute atomic E-state index is 0.0287. The molecule has 1 atom stereocenters. The van der Waals surface area contributed by atoms with E-state index in [1.54, 1.807) is 0 Å². The lowest BCUT2D eigenvalue weighted by atomic mass is 10.0. The molecule has 1 aromatic carbocycles. The van der Waals surface area contributed by atoms with Gasteiger partial charge in [0.1, 0.15) is 0 Å². The van der Waals surface area contributed by atoms with Crippen molar-refractivity contribution < 1.29 is 14.3 Å². The second-order valence-corrected chi connectivity index (χ2v) is 6.17. The highest BCUT2D eigenvalue weighted by Gasteiger charge is 2.30. The molecule has 6 nitrogen and oxygen atoms in total. The van der Waals surface area contributed by atoms with Crippen molar-refractivity contribution in [3.8, 4) is 11.5 Å². The summed E-state index contributed by atoms with van der Waals surface area (Å²) in [5.41, 5.74) is 1.83. The van der Waals surface area contributed by atoms with E-state index in [1.807, 2.05) is 47.2 Å². The maximum Gasteiger partial charge on any atom is 0.257 e. The van der Waals surface area contributed by atoms with Crippen molar-refractivity contribution in [3.63, 3.8) is 0 Å². The zero-order valence-electron chi connectivity index (χ0n) is 13.1. The van der Waals surface area contributed by atoms with Gasteiger partial charge in [0.2, 0.25) is 6.79 Å². The second kappa shape index (κ2) is 5.61. The fourth-order valence-corrected chi connectivity index (χ4v) is 3.36. The summed E-state index contributed by atoms with van der Waals surface area (Å²) in [5.74, 6) is 1.74. The summed E-state index contributed by atoms with van der Waals surface area (Å²) in [4.78, 5) is 14.7. The van der Waals surface area contributed by atoms with Crippen LogP contribution in [0.5, 0.6) is 11.5 Å². The van der Waals surface area contributed by atoms with E-state index in [0.29, 0.717) is 23.0 Å². The molecule has 1 fully saturated rings. The SMILES string of the molecule is Cn1cc(CC2CCN(C(=O)c3cccc4c3OCO4)C2)cn1. The van der Waals surface area contributed by atoms with Crippen LogP contribution < -0.4 is 9.47 Å². The number of carbonyl (C=O) groups is 1. The molecule has 2 aliphatic heterocycles. The molecule has 0 bridgehead atoms. The Morgan fingerprint density at radius 3 is 3.13 bits per heavy atom. The van der Waals surface area contributed by atoms with Crippen molar-refractivity contribution in [2.75, 3.05) is 19.9 Å². The Labute approximate surface area is 134 Å². The van der Waals surface area contributed by atoms with Gasteiger partial charge in [-0.15, -0.1) is 0 Å². The summed E-state index contributed by atoms with van der Waals surface area (Å²) in [7, 11) is 1.92. The lowest BCUT2D eigenvalue weighted by Gasteiger charge is -2.17. The topological polar surface area (TPSA) is 56.6 Å². The van der Waals surface area contributed by atoms with Crippen LogP contribution in [-0.2, 0) is 13.5 Å². The van der Waals surface area contributed by atoms with E-state index in [1.165, 1.54) is 5.56 Å². The number of nitrogens with zero attached hydrogens (tertiary/aromatic N) is 3. The highest BCUT2D eigenvalue weighted by molar-refractivity contribution is 5.98. The first-order chi connectivity index (χ1) is 11.2. The van der Waals surface area contributed by atoms with Crippen molar-refractivity contribution in [1.82, 2.24) is 14.7 Å². The maximum absolute atomic E-state index is 12.8. The van der Waals surface area contributed by atoms with Gasteiger partial charge < -0.3 is 14.4 Å². The molecule has 0 aliphatic carbocycles. The molecular formula is C17H19N3O3. The van der Waals surface area contributed by atoms with Crippen LogP contribution in [0.25, 0.3) is 0 Å². The molecule has 1 aromatic heterocycles. The first-order valence-electron chi connectivity index (χ1n) is 7.86. The van der Waals surface area contributed by atoms with E-state index in [-0.39, 0.29) is 12.7 Å². The molecule has 0 saturated carbocycles. The number of amides is 1. The number of fused-ring (bicyclic) bond motifs is 1. The van der Waals surface area contributed by atoms with E-state index >= 15 is 0 Å². The molecule has 2 aliphatic rings. The predicted molar refractivity (Wildman–Crippen MR) is 83.5 cm³/mol. The van der Waals surface area contributed by atoms with Crippen molar-refractivity contribution in [3.05, 3.63) is 41.7 Å². The second-order valence-electron chi connectivity index (χ2n) is 6.17. The van der Waals surface area contributed by atoms with Crippen molar-refractivity contribution >= 4 is 5.91 Å². The monoisotopic (exact) mass is 313 g/mol. The zero-order chi connectivity index (χ0) is 15.8. The Bertz CT molecular complexity index is 740. The third-order valence-electron chi connectivity index (χ3n) is 4.48. The normalized spacial score (nSPS) is 19.3. The van der Waals surface area contributed by atoms with Gasteiger partial charge in [0.25, 0.3) is 5.91 Å². The number of hydrogen-bond acceptors (Lipinski definition) is 4. The van der Waals surface area contributed by atoms with Gasteiger partial charge in [0, 0.05) is 26.3 Å². The van der Waals surface area contributed by atoms with Gasteiger partial charge in [-0.05, 0) is 36.5 Å². The summed E-state index contributed by atoms with van der Waals surface area (Å²) in [6, 6.07) is 5.47. The number of aryl methyl sites for hydroxylation is 1. The largest absolute Gasteiger partial charge is 0.454 e. The van der Waals surface area contributed by atoms with Gasteiger partial charge in [-0.25, -0.2) is 0 Å². The summed E-state index contributed by atoms with van der Waals surface area (Å²) in [6.45, 7) is 1.75. The number of carbonyl (C=O) groups excluding carboxylic acids is 1. The number of para-hydroxylation sites is 1. The van der Waals surface area contributed by atoms with Crippen molar-refractivity contribution in [1.29, 1.82) is 0 Å². The fraction of sp³-hybridized carbons (Fsp3) is 0.412. The van der Waals surface area contributed by atoms with Crippen LogP contribution >= 0.6 is 0 Å². The van der Waals surface area contributed by atoms with Crippen molar-refractivity contribution in [2.45, 2.75) is 12.8 Å². The smallest absolute Gasteiger partial charge is 0.257 e. The molecule has 120 valence electrons. The summed E-state index contributed by atoms with van der Waals surface area (Å²) < 4.78 is 12.6. The zero-order valence-corrected chi connectivity index (χ0v) is 13.1. The van der Waals surface area contributed by atoms with E-state index in [9.17, 15) is 4.79 Å². The van der Waals surface area contributed by atoms with Gasteiger partial charge in [0.15, 0.2) is 11.5 Å². The Morgan fingerprint density at radius 2 is 2.30 bits per heavy atom. The maximum atomic E-state index is 12.8. The molecule has 1 amide bonds. The summed E-state index contributed by atoms with van der Waals surface area (Å²) in [6.07, 6.45) is 5.93. The Morgan fingerprint density at radius 1 is 1.39 bits per heavy atom. The number of hydrogen-bond donors (Lipinski definition) is 0. The molecule has 1 saturated heterocycles. The minimum atomic E-state index is 0.0287. The van der Waals surface area contributed by atoms with Crippen LogP contribution in [0, 0.1) is 5.92 Å². The Hall–Kier alpha value is -2.50. The number of rotatable bonds is 3. The molecule has 0 N–H and O–H groups in total. The van der Waals surface area contributed by atoms with Crippen LogP contribution in [0.1, 0.15) is 22.3 Å². The van der Waals surface area contributed by atoms with Crippen LogP contribution in [0.15, 0.2) is 30.6 Å². The lowest BCUT2D eigenvalue weighted by molar-refractivity contribution is 0.0782. The first-order valence-corrected chi connectivity index (χ1v) is 7.86. The summed E-state index contributed by atoms with van der Waals surface area (Å²) in [5, 5.41) is 4.21. The predicted octanol–water partition coefficient (Wildman–Crippen LogP) is 1.85. The average Bonchev–Trinajstić information content (AvgIpc) is 3.27. The van der Waals surface area contributed by atoms with Crippen LogP contribution in [0.2, 0.25) is 0 Å². The number of ether oxygens (including phenoxy) is 2. The van der Waals surface area contributed by atoms with Crippen LogP contribution in [0.3, 0.4) is 0 Å². The van der Waals surface area contributed by atoms with Gasteiger partial charge in [-0.3, -0.25) is 9.48 Å². The van der Waals surface area contributed by atoms with Crippen LogP contribution in [-0.4, -0.2) is 40.5 Å². The standard InChI is InChI=1S/C17H19N3O3/c1-19-9-13(8-18-19)7-12-5-6-20(10-12)17(21)14-3-2-4-15-16(14)23-11-22-15/h2-4,8-9,12H,5-7,10-11H2,1H3. The van der Waals surface area contributed by atoms with Gasteiger partial charge in [-0.1, -0.05) is 6.07 Å². The molecular weight excluding hydrogens is 294 g/mol. The molecule has 1 unspecified atom stereocenters. The lowest BCUT2D eigenvalue weighted by Crippen LogP contribution is -2.29. The van der Waals surface area contributed by atoms with Gasteiger partial charge in [0.05, 0.1) is 11.8 Å². The van der Waals surface area contributed by atoms with E-state index in [0.717, 1.165) is 25.9 Å². The number of aromatic nitrogens is 2. The molecule has 0 spiro atoms. The molecule has 2 aromatic rings. The first kappa shape index (κ1) is 14.1. The highest BCUT2D eigenvalue weighted by atomic mass is 16.7. The molecule has 23 heavy (non-hydrogen) atoms. The number of likely N-dealkylation sites (tertiary alicyclic amines) is 1. The average molecular weight is 313 g/mol. The molecule has 4 rings (SSSR count). The fourth-order valence-electron chi connectivity index (χ4n) is 3.36. The third kappa shape index (κ3) is 2.65. The summed E-state index contributed by atoms with van der Waals surface area (Å²) >= 11 is 0. The Balaban J connectivity index is 1.45. The van der Waals surface area contributed by atoms with E-state index in [2.05, 4.69) is 5.10 Å². The van der Waals surface area contributed by atoms with Crippen molar-refractivity contribution in [2.24, 2.45) is 13.0 Å². The highest BCUT2D eigenvalue weighted by Crippen LogP contribution is 2.36. The van der Waals surface area contributed by atoms with Gasteiger partial charge in [-0.2, -0.15) is 5.10 Å². The Kier molecular flexibility index (Phi) is 3.44.